The lowest BCUT2D eigenvalue weighted by molar-refractivity contribution is -0.139. The molecule has 21 heavy (non-hydrogen) atoms. The summed E-state index contributed by atoms with van der Waals surface area (Å²) >= 11 is 0. The van der Waals surface area contributed by atoms with Gasteiger partial charge in [-0.15, -0.1) is 0 Å². The van der Waals surface area contributed by atoms with Crippen LogP contribution in [0.5, 0.6) is 0 Å². The van der Waals surface area contributed by atoms with E-state index in [2.05, 4.69) is 0 Å². The minimum atomic E-state index is -0.826. The fraction of sp³-hybridized carbons (Fsp3) is 0.800. The fourth-order valence-corrected chi connectivity index (χ4v) is 2.92. The van der Waals surface area contributed by atoms with Crippen LogP contribution in [0.1, 0.15) is 34.1 Å². The molecule has 0 N–H and O–H groups in total. The predicted octanol–water partition coefficient (Wildman–Crippen LogP) is 1.74. The Hall–Kier alpha value is -1.61. The van der Waals surface area contributed by atoms with Gasteiger partial charge in [-0.2, -0.15) is 5.26 Å². The number of Topliss-reactive ketones (excluding diaryl/α,β-unsaturated/α-hetero) is 1. The summed E-state index contributed by atoms with van der Waals surface area (Å²) in [6.07, 6.45) is 0.0739. The molecule has 3 atom stereocenters. The molecule has 2 fully saturated rings. The van der Waals surface area contributed by atoms with Crippen molar-refractivity contribution in [2.45, 2.75) is 45.8 Å². The van der Waals surface area contributed by atoms with Gasteiger partial charge in [0.05, 0.1) is 24.1 Å². The van der Waals surface area contributed by atoms with Crippen LogP contribution in [-0.2, 0) is 14.3 Å². The molecule has 6 nitrogen and oxygen atoms in total. The zero-order chi connectivity index (χ0) is 15.8. The van der Waals surface area contributed by atoms with Crippen LogP contribution in [0.4, 0.5) is 4.79 Å². The van der Waals surface area contributed by atoms with E-state index in [4.69, 9.17) is 9.47 Å². The number of rotatable bonds is 0. The van der Waals surface area contributed by atoms with Crippen molar-refractivity contribution in [1.29, 1.82) is 5.26 Å². The summed E-state index contributed by atoms with van der Waals surface area (Å²) in [6.45, 7) is 8.12. The van der Waals surface area contributed by atoms with Gasteiger partial charge in [0.1, 0.15) is 11.5 Å². The maximum atomic E-state index is 12.6. The number of nitriles is 1. The number of likely N-dealkylation sites (tertiary alicyclic amines) is 1. The van der Waals surface area contributed by atoms with E-state index >= 15 is 0 Å². The van der Waals surface area contributed by atoms with Crippen LogP contribution >= 0.6 is 0 Å². The summed E-state index contributed by atoms with van der Waals surface area (Å²) < 4.78 is 10.8. The highest BCUT2D eigenvalue weighted by Crippen LogP contribution is 2.40. The first kappa shape index (κ1) is 15.8. The quantitative estimate of drug-likeness (QED) is 0.680. The van der Waals surface area contributed by atoms with Gasteiger partial charge in [0.25, 0.3) is 0 Å². The largest absolute Gasteiger partial charge is 0.444 e. The number of amides is 1. The smallest absolute Gasteiger partial charge is 0.410 e. The predicted molar refractivity (Wildman–Crippen MR) is 74.4 cm³/mol. The standard InChI is InChI=1S/C15H22N2O4/c1-10-11(7-16)12(18)15(5-6-20-9-15)8-17(10)13(19)21-14(2,3)4/h10-11H,5-6,8-9H2,1-4H3/t10-,11?,15?/m0/s1. The molecule has 1 spiro atoms. The van der Waals surface area contributed by atoms with Crippen LogP contribution in [0.2, 0.25) is 0 Å². The van der Waals surface area contributed by atoms with Gasteiger partial charge >= 0.3 is 6.09 Å². The van der Waals surface area contributed by atoms with Crippen LogP contribution in [0, 0.1) is 22.7 Å². The highest BCUT2D eigenvalue weighted by Gasteiger charge is 2.54. The minimum Gasteiger partial charge on any atom is -0.444 e. The van der Waals surface area contributed by atoms with E-state index in [0.29, 0.717) is 13.0 Å². The van der Waals surface area contributed by atoms with E-state index in [1.165, 1.54) is 4.90 Å². The zero-order valence-corrected chi connectivity index (χ0v) is 13.0. The van der Waals surface area contributed by atoms with E-state index in [0.717, 1.165) is 0 Å². The number of carbonyl (C=O) groups excluding carboxylic acids is 2. The normalized spacial score (nSPS) is 33.1. The Balaban J connectivity index is 2.27. The Labute approximate surface area is 125 Å². The summed E-state index contributed by atoms with van der Waals surface area (Å²) in [5.41, 5.74) is -1.36. The Morgan fingerprint density at radius 3 is 2.67 bits per heavy atom. The van der Waals surface area contributed by atoms with E-state index < -0.39 is 29.1 Å². The Morgan fingerprint density at radius 1 is 1.52 bits per heavy atom. The highest BCUT2D eigenvalue weighted by atomic mass is 16.6. The molecule has 6 heteroatoms. The van der Waals surface area contributed by atoms with Crippen molar-refractivity contribution >= 4 is 11.9 Å². The summed E-state index contributed by atoms with van der Waals surface area (Å²) in [5, 5.41) is 9.32. The van der Waals surface area contributed by atoms with Gasteiger partial charge in [0, 0.05) is 13.2 Å². The highest BCUT2D eigenvalue weighted by molar-refractivity contribution is 5.92. The number of piperidine rings is 1. The molecule has 116 valence electrons. The molecule has 2 saturated heterocycles. The average Bonchev–Trinajstić information content (AvgIpc) is 2.82. The number of hydrogen-bond acceptors (Lipinski definition) is 5. The van der Waals surface area contributed by atoms with Gasteiger partial charge in [-0.25, -0.2) is 4.79 Å². The second-order valence-corrected chi connectivity index (χ2v) is 6.90. The van der Waals surface area contributed by atoms with Gasteiger partial charge in [0.15, 0.2) is 5.78 Å². The Morgan fingerprint density at radius 2 is 2.19 bits per heavy atom. The second kappa shape index (κ2) is 5.30. The van der Waals surface area contributed by atoms with Crippen LogP contribution in [0.25, 0.3) is 0 Å². The number of ether oxygens (including phenoxy) is 2. The maximum absolute atomic E-state index is 12.6. The van der Waals surface area contributed by atoms with Crippen molar-refractivity contribution < 1.29 is 19.1 Å². The van der Waals surface area contributed by atoms with Gasteiger partial charge in [-0.1, -0.05) is 0 Å². The first-order valence-corrected chi connectivity index (χ1v) is 7.21. The lowest BCUT2D eigenvalue weighted by Gasteiger charge is -2.44. The molecular weight excluding hydrogens is 272 g/mol. The van der Waals surface area contributed by atoms with E-state index in [-0.39, 0.29) is 18.9 Å². The summed E-state index contributed by atoms with van der Waals surface area (Å²) in [4.78, 5) is 26.4. The minimum absolute atomic E-state index is 0.102. The fourth-order valence-electron chi connectivity index (χ4n) is 2.92. The molecule has 2 rings (SSSR count). The first-order chi connectivity index (χ1) is 9.70. The summed E-state index contributed by atoms with van der Waals surface area (Å²) in [5.74, 6) is -0.928. The van der Waals surface area contributed by atoms with Crippen molar-refractivity contribution in [2.75, 3.05) is 19.8 Å². The van der Waals surface area contributed by atoms with Crippen molar-refractivity contribution in [3.8, 4) is 6.07 Å². The molecule has 0 aliphatic carbocycles. The molecule has 1 amide bonds. The van der Waals surface area contributed by atoms with E-state index in [1.54, 1.807) is 27.7 Å². The molecule has 2 heterocycles. The SMILES string of the molecule is C[C@H]1C(C#N)C(=O)C2(CCOC2)CN1C(=O)OC(C)(C)C. The van der Waals surface area contributed by atoms with Crippen molar-refractivity contribution in [1.82, 2.24) is 4.90 Å². The topological polar surface area (TPSA) is 79.6 Å². The first-order valence-electron chi connectivity index (χ1n) is 7.21. The van der Waals surface area contributed by atoms with Crippen LogP contribution in [0.15, 0.2) is 0 Å². The Kier molecular flexibility index (Phi) is 3.98. The second-order valence-electron chi connectivity index (χ2n) is 6.90. The molecule has 2 aliphatic rings. The lowest BCUT2D eigenvalue weighted by Crippen LogP contribution is -2.60. The number of carbonyl (C=O) groups is 2. The van der Waals surface area contributed by atoms with Gasteiger partial charge < -0.3 is 14.4 Å². The third-order valence-corrected chi connectivity index (χ3v) is 4.12. The lowest BCUT2D eigenvalue weighted by atomic mass is 9.71. The molecule has 2 unspecified atom stereocenters. The maximum Gasteiger partial charge on any atom is 0.410 e. The van der Waals surface area contributed by atoms with Crippen LogP contribution in [0.3, 0.4) is 0 Å². The van der Waals surface area contributed by atoms with Crippen molar-refractivity contribution in [2.24, 2.45) is 11.3 Å². The van der Waals surface area contributed by atoms with Gasteiger partial charge in [-0.05, 0) is 34.1 Å². The van der Waals surface area contributed by atoms with Gasteiger partial charge in [0.2, 0.25) is 0 Å². The van der Waals surface area contributed by atoms with E-state index in [9.17, 15) is 14.9 Å². The van der Waals surface area contributed by atoms with E-state index in [1.807, 2.05) is 6.07 Å². The Bertz CT molecular complexity index is 483. The summed E-state index contributed by atoms with van der Waals surface area (Å²) in [7, 11) is 0. The number of nitrogens with zero attached hydrogens (tertiary/aromatic N) is 2. The van der Waals surface area contributed by atoms with Gasteiger partial charge in [-0.3, -0.25) is 4.79 Å². The number of ketones is 1. The monoisotopic (exact) mass is 294 g/mol. The van der Waals surface area contributed by atoms with Crippen LogP contribution < -0.4 is 0 Å². The molecule has 2 aliphatic heterocycles. The number of hydrogen-bond donors (Lipinski definition) is 0. The van der Waals surface area contributed by atoms with Crippen molar-refractivity contribution in [3.63, 3.8) is 0 Å². The average molecular weight is 294 g/mol. The van der Waals surface area contributed by atoms with Crippen molar-refractivity contribution in [3.05, 3.63) is 0 Å². The summed E-state index contributed by atoms with van der Waals surface area (Å²) in [6, 6.07) is 1.56. The molecule has 0 radical (unpaired) electrons. The molecule has 0 bridgehead atoms. The molecule has 0 aromatic heterocycles. The molecule has 0 aromatic rings. The third-order valence-electron chi connectivity index (χ3n) is 4.12. The molecule has 0 saturated carbocycles. The third kappa shape index (κ3) is 2.88. The molecular formula is C15H22N2O4. The zero-order valence-electron chi connectivity index (χ0n) is 13.0. The van der Waals surface area contributed by atoms with Crippen LogP contribution in [-0.4, -0.2) is 48.2 Å². The molecule has 0 aromatic carbocycles.